The van der Waals surface area contributed by atoms with Crippen LogP contribution in [0, 0.1) is 6.92 Å². The van der Waals surface area contributed by atoms with Crippen LogP contribution in [0.4, 0.5) is 0 Å². The molecule has 0 fully saturated rings. The smallest absolute Gasteiger partial charge is 0.139 e. The van der Waals surface area contributed by atoms with Crippen molar-refractivity contribution in [1.82, 2.24) is 0 Å². The number of benzene rings is 2. The zero-order valence-corrected chi connectivity index (χ0v) is 13.4. The highest BCUT2D eigenvalue weighted by Gasteiger charge is 2.35. The Kier molecular flexibility index (Phi) is 5.01. The second kappa shape index (κ2) is 6.77. The van der Waals surface area contributed by atoms with Gasteiger partial charge in [0.05, 0.1) is 6.34 Å². The van der Waals surface area contributed by atoms with Crippen LogP contribution >= 0.6 is 11.6 Å². The molecule has 114 valence electrons. The van der Waals surface area contributed by atoms with Crippen LogP contribution in [0.25, 0.3) is 0 Å². The normalized spacial score (nSPS) is 15.0. The van der Waals surface area contributed by atoms with E-state index in [1.54, 1.807) is 19.2 Å². The number of aliphatic imine (C=N–C) groups is 1. The second-order valence-electron chi connectivity index (χ2n) is 5.17. The van der Waals surface area contributed by atoms with E-state index < -0.39 is 5.60 Å². The van der Waals surface area contributed by atoms with Crippen molar-refractivity contribution in [2.24, 2.45) is 10.7 Å². The molecule has 0 aromatic heterocycles. The van der Waals surface area contributed by atoms with Crippen molar-refractivity contribution in [1.29, 1.82) is 0 Å². The van der Waals surface area contributed by atoms with Crippen LogP contribution in [0.2, 0.25) is 5.02 Å². The molecule has 0 saturated heterocycles. The number of nitrogens with two attached hydrogens (primary N) is 1. The largest absolute Gasteiger partial charge is 0.390 e. The predicted molar refractivity (Wildman–Crippen MR) is 92.1 cm³/mol. The lowest BCUT2D eigenvalue weighted by Gasteiger charge is -2.31. The van der Waals surface area contributed by atoms with Gasteiger partial charge in [-0.05, 0) is 31.1 Å². The van der Waals surface area contributed by atoms with Gasteiger partial charge in [0.15, 0.2) is 0 Å². The third-order valence-corrected chi connectivity index (χ3v) is 3.99. The van der Waals surface area contributed by atoms with Gasteiger partial charge in [0, 0.05) is 16.8 Å². The third-order valence-electron chi connectivity index (χ3n) is 3.66. The quantitative estimate of drug-likeness (QED) is 0.666. The summed E-state index contributed by atoms with van der Waals surface area (Å²) in [4.78, 5) is 3.92. The highest BCUT2D eigenvalue weighted by atomic mass is 35.5. The number of hydrogen-bond donors (Lipinski definition) is 2. The lowest BCUT2D eigenvalue weighted by molar-refractivity contribution is 0.121. The highest BCUT2D eigenvalue weighted by Crippen LogP contribution is 2.39. The average Bonchev–Trinajstić information content (AvgIpc) is 2.53. The Hall–Kier alpha value is -2.10. The molecule has 1 unspecified atom stereocenters. The van der Waals surface area contributed by atoms with Crippen molar-refractivity contribution in [3.8, 4) is 0 Å². The lowest BCUT2D eigenvalue weighted by atomic mass is 9.80. The van der Waals surface area contributed by atoms with Crippen LogP contribution in [-0.4, -0.2) is 11.4 Å². The molecule has 2 aromatic rings. The predicted octanol–water partition coefficient (Wildman–Crippen LogP) is 3.78. The van der Waals surface area contributed by atoms with Gasteiger partial charge in [0.2, 0.25) is 0 Å². The molecule has 3 nitrogen and oxygen atoms in total. The Labute approximate surface area is 135 Å². The molecule has 0 radical (unpaired) electrons. The number of nitrogens with zero attached hydrogens (tertiary/aromatic N) is 1. The molecular formula is C18H19ClN2O. The zero-order chi connectivity index (χ0) is 16.2. The standard InChI is InChI=1S/C18H19ClN2O/c1-13-7-9-15(10-8-13)18(22,14(2)11-21-12-20)16-5-3-4-6-17(16)19/h3-12,22H,1-2H3,(H2,20,21)/b14-11+. The Bertz CT molecular complexity index is 707. The van der Waals surface area contributed by atoms with E-state index in [1.807, 2.05) is 49.4 Å². The summed E-state index contributed by atoms with van der Waals surface area (Å²) in [5, 5.41) is 11.9. The first-order chi connectivity index (χ1) is 10.5. The summed E-state index contributed by atoms with van der Waals surface area (Å²) in [6.45, 7) is 3.80. The summed E-state index contributed by atoms with van der Waals surface area (Å²) in [6, 6.07) is 14.9. The van der Waals surface area contributed by atoms with E-state index in [1.165, 1.54) is 6.34 Å². The number of hydrogen-bond acceptors (Lipinski definition) is 2. The Balaban J connectivity index is 2.69. The molecule has 0 aliphatic rings. The number of halogens is 1. The van der Waals surface area contributed by atoms with Crippen LogP contribution in [0.5, 0.6) is 0 Å². The van der Waals surface area contributed by atoms with E-state index in [2.05, 4.69) is 4.99 Å². The van der Waals surface area contributed by atoms with E-state index >= 15 is 0 Å². The van der Waals surface area contributed by atoms with Crippen LogP contribution in [0.15, 0.2) is 65.3 Å². The average molecular weight is 315 g/mol. The minimum absolute atomic E-state index is 0.495. The van der Waals surface area contributed by atoms with Crippen molar-refractivity contribution < 1.29 is 5.11 Å². The number of aliphatic hydroxyl groups is 1. The summed E-state index contributed by atoms with van der Waals surface area (Å²) in [7, 11) is 0. The van der Waals surface area contributed by atoms with Crippen LogP contribution < -0.4 is 5.73 Å². The van der Waals surface area contributed by atoms with E-state index in [9.17, 15) is 5.11 Å². The molecule has 2 aromatic carbocycles. The SMILES string of the molecule is C/C(=C\N=CN)C(O)(c1ccc(C)cc1)c1ccccc1Cl. The molecule has 0 heterocycles. The fourth-order valence-corrected chi connectivity index (χ4v) is 2.67. The molecule has 0 saturated carbocycles. The van der Waals surface area contributed by atoms with Gasteiger partial charge in [-0.25, -0.2) is 4.99 Å². The summed E-state index contributed by atoms with van der Waals surface area (Å²) in [5.41, 5.74) is 7.03. The molecule has 22 heavy (non-hydrogen) atoms. The maximum atomic E-state index is 11.5. The van der Waals surface area contributed by atoms with Gasteiger partial charge >= 0.3 is 0 Å². The number of aryl methyl sites for hydroxylation is 1. The van der Waals surface area contributed by atoms with Gasteiger partial charge in [-0.15, -0.1) is 0 Å². The first kappa shape index (κ1) is 16.3. The molecule has 0 aliphatic carbocycles. The van der Waals surface area contributed by atoms with Crippen molar-refractivity contribution in [3.63, 3.8) is 0 Å². The van der Waals surface area contributed by atoms with Crippen LogP contribution in [0.1, 0.15) is 23.6 Å². The van der Waals surface area contributed by atoms with Gasteiger partial charge in [-0.3, -0.25) is 0 Å². The minimum atomic E-state index is -1.36. The highest BCUT2D eigenvalue weighted by molar-refractivity contribution is 6.31. The van der Waals surface area contributed by atoms with Crippen molar-refractivity contribution in [2.75, 3.05) is 0 Å². The Morgan fingerprint density at radius 2 is 1.82 bits per heavy atom. The fraction of sp³-hybridized carbons (Fsp3) is 0.167. The van der Waals surface area contributed by atoms with E-state index in [0.29, 0.717) is 16.2 Å². The van der Waals surface area contributed by atoms with Gasteiger partial charge in [-0.2, -0.15) is 0 Å². The molecule has 2 rings (SSSR count). The second-order valence-corrected chi connectivity index (χ2v) is 5.57. The van der Waals surface area contributed by atoms with E-state index in [-0.39, 0.29) is 0 Å². The molecular weight excluding hydrogens is 296 g/mol. The first-order valence-electron chi connectivity index (χ1n) is 6.95. The molecule has 0 bridgehead atoms. The summed E-state index contributed by atoms with van der Waals surface area (Å²) in [6.07, 6.45) is 2.73. The zero-order valence-electron chi connectivity index (χ0n) is 12.6. The van der Waals surface area contributed by atoms with Crippen molar-refractivity contribution in [3.05, 3.63) is 82.0 Å². The molecule has 0 spiro atoms. The fourth-order valence-electron chi connectivity index (χ4n) is 2.39. The van der Waals surface area contributed by atoms with Gasteiger partial charge < -0.3 is 10.8 Å². The van der Waals surface area contributed by atoms with E-state index in [0.717, 1.165) is 11.1 Å². The summed E-state index contributed by atoms with van der Waals surface area (Å²) >= 11 is 6.32. The van der Waals surface area contributed by atoms with Gasteiger partial charge in [-0.1, -0.05) is 59.6 Å². The van der Waals surface area contributed by atoms with Crippen LogP contribution in [0.3, 0.4) is 0 Å². The van der Waals surface area contributed by atoms with Crippen LogP contribution in [-0.2, 0) is 5.60 Å². The molecule has 3 N–H and O–H groups in total. The van der Waals surface area contributed by atoms with Crippen molar-refractivity contribution in [2.45, 2.75) is 19.4 Å². The first-order valence-corrected chi connectivity index (χ1v) is 7.33. The Morgan fingerprint density at radius 1 is 1.18 bits per heavy atom. The lowest BCUT2D eigenvalue weighted by Crippen LogP contribution is -2.29. The topological polar surface area (TPSA) is 58.6 Å². The molecule has 0 amide bonds. The van der Waals surface area contributed by atoms with Gasteiger partial charge in [0.25, 0.3) is 0 Å². The summed E-state index contributed by atoms with van der Waals surface area (Å²) in [5.74, 6) is 0. The number of rotatable bonds is 4. The maximum absolute atomic E-state index is 11.5. The summed E-state index contributed by atoms with van der Waals surface area (Å²) < 4.78 is 0. The monoisotopic (exact) mass is 314 g/mol. The molecule has 0 aliphatic heterocycles. The van der Waals surface area contributed by atoms with Crippen molar-refractivity contribution >= 4 is 17.9 Å². The van der Waals surface area contributed by atoms with E-state index in [4.69, 9.17) is 17.3 Å². The minimum Gasteiger partial charge on any atom is -0.390 e. The molecule has 1 atom stereocenters. The Morgan fingerprint density at radius 3 is 2.41 bits per heavy atom. The third kappa shape index (κ3) is 3.06. The molecule has 4 heteroatoms. The maximum Gasteiger partial charge on any atom is 0.139 e. The van der Waals surface area contributed by atoms with Gasteiger partial charge in [0.1, 0.15) is 5.60 Å².